The zero-order valence-electron chi connectivity index (χ0n) is 19.2. The van der Waals surface area contributed by atoms with Gasteiger partial charge in [-0.1, -0.05) is 13.8 Å². The van der Waals surface area contributed by atoms with Crippen molar-refractivity contribution >= 4 is 31.5 Å². The minimum Gasteiger partial charge on any atom is -0.308 e. The van der Waals surface area contributed by atoms with E-state index in [4.69, 9.17) is 0 Å². The van der Waals surface area contributed by atoms with Crippen molar-refractivity contribution in [2.75, 3.05) is 30.8 Å². The molecular formula is C24H30N2O5S2. The molecule has 2 aromatic carbocycles. The second-order valence-electron chi connectivity index (χ2n) is 9.42. The van der Waals surface area contributed by atoms with Crippen molar-refractivity contribution < 1.29 is 21.6 Å². The van der Waals surface area contributed by atoms with Crippen LogP contribution in [0.2, 0.25) is 0 Å². The lowest BCUT2D eigenvalue weighted by atomic mass is 9.94. The summed E-state index contributed by atoms with van der Waals surface area (Å²) in [5.74, 6) is 0.394. The van der Waals surface area contributed by atoms with Crippen molar-refractivity contribution in [2.45, 2.75) is 42.9 Å². The number of sulfonamides is 1. The number of carbonyl (C=O) groups excluding carboxylic acids is 1. The zero-order valence-corrected chi connectivity index (χ0v) is 20.8. The molecule has 1 fully saturated rings. The molecule has 0 radical (unpaired) electrons. The minimum atomic E-state index is -3.61. The standard InChI is InChI=1S/C24H30N2O5S2/c1-17-13-18(2)16-25(15-17)33(30,31)21-8-6-19(7-9-21)24(27)26-12-4-5-20-14-22(32(3,28)29)10-11-23(20)26/h6-11,14,17-18H,4-5,12-13,15-16H2,1-3H3. The number of amides is 1. The predicted molar refractivity (Wildman–Crippen MR) is 128 cm³/mol. The smallest absolute Gasteiger partial charge is 0.258 e. The lowest BCUT2D eigenvalue weighted by molar-refractivity contribution is 0.0985. The first-order valence-electron chi connectivity index (χ1n) is 11.2. The molecule has 9 heteroatoms. The Bertz CT molecular complexity index is 1260. The Balaban J connectivity index is 1.57. The molecule has 2 aromatic rings. The van der Waals surface area contributed by atoms with Gasteiger partial charge < -0.3 is 4.90 Å². The van der Waals surface area contributed by atoms with Crippen LogP contribution in [0.15, 0.2) is 52.3 Å². The van der Waals surface area contributed by atoms with E-state index in [1.54, 1.807) is 33.5 Å². The molecule has 0 aromatic heterocycles. The van der Waals surface area contributed by atoms with Crippen LogP contribution < -0.4 is 4.90 Å². The third-order valence-corrected chi connectivity index (χ3v) is 9.37. The van der Waals surface area contributed by atoms with Crippen LogP contribution in [0.3, 0.4) is 0 Å². The van der Waals surface area contributed by atoms with Crippen molar-refractivity contribution in [3.63, 3.8) is 0 Å². The van der Waals surface area contributed by atoms with Crippen molar-refractivity contribution in [2.24, 2.45) is 11.8 Å². The van der Waals surface area contributed by atoms with Crippen LogP contribution in [-0.2, 0) is 26.3 Å². The van der Waals surface area contributed by atoms with E-state index < -0.39 is 19.9 Å². The Kier molecular flexibility index (Phi) is 6.41. The van der Waals surface area contributed by atoms with E-state index in [1.807, 2.05) is 0 Å². The maximum Gasteiger partial charge on any atom is 0.258 e. The lowest BCUT2D eigenvalue weighted by Gasteiger charge is -2.34. The molecule has 1 amide bonds. The molecule has 2 unspecified atom stereocenters. The summed E-state index contributed by atoms with van der Waals surface area (Å²) < 4.78 is 51.6. The van der Waals surface area contributed by atoms with Crippen molar-refractivity contribution in [1.29, 1.82) is 0 Å². The number of rotatable bonds is 4. The first-order valence-corrected chi connectivity index (χ1v) is 14.5. The highest BCUT2D eigenvalue weighted by Crippen LogP contribution is 2.31. The number of carbonyl (C=O) groups is 1. The number of hydrogen-bond donors (Lipinski definition) is 0. The minimum absolute atomic E-state index is 0.192. The number of piperidine rings is 1. The van der Waals surface area contributed by atoms with Crippen LogP contribution in [0.25, 0.3) is 0 Å². The topological polar surface area (TPSA) is 91.8 Å². The van der Waals surface area contributed by atoms with Crippen molar-refractivity contribution in [3.05, 3.63) is 53.6 Å². The molecule has 33 heavy (non-hydrogen) atoms. The summed E-state index contributed by atoms with van der Waals surface area (Å²) in [4.78, 5) is 15.3. The van der Waals surface area contributed by atoms with Crippen LogP contribution in [0, 0.1) is 11.8 Å². The molecular weight excluding hydrogens is 460 g/mol. The largest absolute Gasteiger partial charge is 0.308 e. The molecule has 2 aliphatic rings. The average molecular weight is 491 g/mol. The highest BCUT2D eigenvalue weighted by molar-refractivity contribution is 7.90. The highest BCUT2D eigenvalue weighted by atomic mass is 32.2. The Morgan fingerprint density at radius 3 is 2.12 bits per heavy atom. The molecule has 2 atom stereocenters. The number of nitrogens with zero attached hydrogens (tertiary/aromatic N) is 2. The number of benzene rings is 2. The van der Waals surface area contributed by atoms with E-state index in [-0.39, 0.29) is 15.7 Å². The van der Waals surface area contributed by atoms with Crippen LogP contribution >= 0.6 is 0 Å². The molecule has 2 aliphatic heterocycles. The second kappa shape index (κ2) is 8.85. The molecule has 0 bridgehead atoms. The summed E-state index contributed by atoms with van der Waals surface area (Å²) >= 11 is 0. The fourth-order valence-corrected chi connectivity index (χ4v) is 7.24. The predicted octanol–water partition coefficient (Wildman–Crippen LogP) is 3.35. The number of sulfone groups is 1. The van der Waals surface area contributed by atoms with E-state index in [9.17, 15) is 21.6 Å². The summed E-state index contributed by atoms with van der Waals surface area (Å²) in [7, 11) is -6.94. The van der Waals surface area contributed by atoms with Crippen molar-refractivity contribution in [1.82, 2.24) is 4.31 Å². The Labute approximate surface area is 196 Å². The summed E-state index contributed by atoms with van der Waals surface area (Å²) in [6.45, 7) is 5.67. The highest BCUT2D eigenvalue weighted by Gasteiger charge is 2.32. The van der Waals surface area contributed by atoms with E-state index in [2.05, 4.69) is 13.8 Å². The maximum absolute atomic E-state index is 13.2. The molecule has 0 N–H and O–H groups in total. The van der Waals surface area contributed by atoms with Crippen LogP contribution in [0.1, 0.15) is 42.6 Å². The number of hydrogen-bond acceptors (Lipinski definition) is 5. The average Bonchev–Trinajstić information content (AvgIpc) is 2.76. The first-order chi connectivity index (χ1) is 15.5. The summed E-state index contributed by atoms with van der Waals surface area (Å²) in [5, 5.41) is 0. The lowest BCUT2D eigenvalue weighted by Crippen LogP contribution is -2.42. The van der Waals surface area contributed by atoms with Gasteiger partial charge in [0.25, 0.3) is 5.91 Å². The van der Waals surface area contributed by atoms with Gasteiger partial charge in [0.1, 0.15) is 0 Å². The maximum atomic E-state index is 13.2. The van der Waals surface area contributed by atoms with E-state index in [0.717, 1.165) is 18.4 Å². The quantitative estimate of drug-likeness (QED) is 0.655. The molecule has 1 saturated heterocycles. The van der Waals surface area contributed by atoms with Gasteiger partial charge in [0, 0.05) is 37.1 Å². The van der Waals surface area contributed by atoms with Gasteiger partial charge in [-0.05, 0) is 79.1 Å². The monoisotopic (exact) mass is 490 g/mol. The molecule has 4 rings (SSSR count). The second-order valence-corrected chi connectivity index (χ2v) is 13.4. The van der Waals surface area contributed by atoms with E-state index in [1.165, 1.54) is 24.5 Å². The number of anilines is 1. The van der Waals surface area contributed by atoms with Gasteiger partial charge >= 0.3 is 0 Å². The van der Waals surface area contributed by atoms with Crippen LogP contribution in [0.5, 0.6) is 0 Å². The van der Waals surface area contributed by atoms with Crippen LogP contribution in [0.4, 0.5) is 5.69 Å². The molecule has 0 spiro atoms. The third-order valence-electron chi connectivity index (χ3n) is 6.42. The fourth-order valence-electron chi connectivity index (χ4n) is 4.89. The molecule has 7 nitrogen and oxygen atoms in total. The Morgan fingerprint density at radius 2 is 1.52 bits per heavy atom. The van der Waals surface area contributed by atoms with Gasteiger partial charge in [0.15, 0.2) is 9.84 Å². The number of aryl methyl sites for hydroxylation is 1. The van der Waals surface area contributed by atoms with Crippen molar-refractivity contribution in [3.8, 4) is 0 Å². The summed E-state index contributed by atoms with van der Waals surface area (Å²) in [6, 6.07) is 11.0. The van der Waals surface area contributed by atoms with Gasteiger partial charge in [-0.25, -0.2) is 16.8 Å². The van der Waals surface area contributed by atoms with Gasteiger partial charge in [-0.2, -0.15) is 4.31 Å². The zero-order chi connectivity index (χ0) is 24.0. The number of fused-ring (bicyclic) bond motifs is 1. The van der Waals surface area contributed by atoms with E-state index >= 15 is 0 Å². The first kappa shape index (κ1) is 23.9. The van der Waals surface area contributed by atoms with Gasteiger partial charge in [0.05, 0.1) is 9.79 Å². The van der Waals surface area contributed by atoms with Crippen LogP contribution in [-0.4, -0.2) is 52.9 Å². The van der Waals surface area contributed by atoms with E-state index in [0.29, 0.717) is 49.1 Å². The fraction of sp³-hybridized carbons (Fsp3) is 0.458. The van der Waals surface area contributed by atoms with Gasteiger partial charge in [0.2, 0.25) is 10.0 Å². The van der Waals surface area contributed by atoms with Gasteiger partial charge in [-0.15, -0.1) is 0 Å². The Hall–Kier alpha value is -2.23. The normalized spacial score (nSPS) is 22.1. The molecule has 2 heterocycles. The summed E-state index contributed by atoms with van der Waals surface area (Å²) in [6.07, 6.45) is 3.61. The molecule has 0 saturated carbocycles. The Morgan fingerprint density at radius 1 is 0.909 bits per heavy atom. The summed E-state index contributed by atoms with van der Waals surface area (Å²) in [5.41, 5.74) is 1.92. The molecule has 178 valence electrons. The third kappa shape index (κ3) is 4.85. The molecule has 0 aliphatic carbocycles. The SMILES string of the molecule is CC1CC(C)CN(S(=O)(=O)c2ccc(C(=O)N3CCCc4cc(S(C)(=O)=O)ccc43)cc2)C1. The van der Waals surface area contributed by atoms with Gasteiger partial charge in [-0.3, -0.25) is 4.79 Å².